The standard InChI is InChI=1S/C12H16N2OS/c1-15-11-9(13)3-2-4-10(11)14-5-12(6-14)7-16-8-12/h2-4H,5-8,13H2,1H3. The van der Waals surface area contributed by atoms with Gasteiger partial charge in [0.05, 0.1) is 18.5 Å². The Balaban J connectivity index is 1.82. The predicted octanol–water partition coefficient (Wildman–Crippen LogP) is 1.83. The lowest BCUT2D eigenvalue weighted by Gasteiger charge is -2.56. The summed E-state index contributed by atoms with van der Waals surface area (Å²) >= 11 is 2.05. The van der Waals surface area contributed by atoms with Gasteiger partial charge >= 0.3 is 0 Å². The molecular weight excluding hydrogens is 220 g/mol. The van der Waals surface area contributed by atoms with Crippen molar-refractivity contribution in [3.8, 4) is 5.75 Å². The number of nitrogen functional groups attached to an aromatic ring is 1. The number of para-hydroxylation sites is 1. The summed E-state index contributed by atoms with van der Waals surface area (Å²) < 4.78 is 5.38. The molecule has 3 nitrogen and oxygen atoms in total. The minimum absolute atomic E-state index is 0.598. The number of nitrogens with zero attached hydrogens (tertiary/aromatic N) is 1. The van der Waals surface area contributed by atoms with Gasteiger partial charge in [0.15, 0.2) is 5.75 Å². The molecule has 0 aromatic heterocycles. The van der Waals surface area contributed by atoms with Crippen LogP contribution < -0.4 is 15.4 Å². The fourth-order valence-electron chi connectivity index (χ4n) is 2.52. The van der Waals surface area contributed by atoms with Crippen molar-refractivity contribution in [3.05, 3.63) is 18.2 Å². The molecule has 0 radical (unpaired) electrons. The third kappa shape index (κ3) is 1.36. The Kier molecular flexibility index (Phi) is 2.21. The summed E-state index contributed by atoms with van der Waals surface area (Å²) in [4.78, 5) is 2.37. The Bertz CT molecular complexity index is 409. The summed E-state index contributed by atoms with van der Waals surface area (Å²) in [6, 6.07) is 5.97. The topological polar surface area (TPSA) is 38.5 Å². The molecule has 0 saturated carbocycles. The quantitative estimate of drug-likeness (QED) is 0.795. The first kappa shape index (κ1) is 10.1. The third-order valence-corrected chi connectivity index (χ3v) is 5.07. The van der Waals surface area contributed by atoms with E-state index in [0.717, 1.165) is 30.2 Å². The van der Waals surface area contributed by atoms with Crippen molar-refractivity contribution in [1.82, 2.24) is 0 Å². The first-order chi connectivity index (χ1) is 7.74. The highest BCUT2D eigenvalue weighted by atomic mass is 32.2. The number of methoxy groups -OCH3 is 1. The van der Waals surface area contributed by atoms with Gasteiger partial charge in [-0.25, -0.2) is 0 Å². The number of hydrogen-bond donors (Lipinski definition) is 1. The maximum Gasteiger partial charge on any atom is 0.165 e. The van der Waals surface area contributed by atoms with E-state index in [9.17, 15) is 0 Å². The molecule has 16 heavy (non-hydrogen) atoms. The van der Waals surface area contributed by atoms with Crippen LogP contribution in [-0.4, -0.2) is 31.7 Å². The molecule has 2 heterocycles. The van der Waals surface area contributed by atoms with Crippen LogP contribution in [-0.2, 0) is 0 Å². The fraction of sp³-hybridized carbons (Fsp3) is 0.500. The molecule has 4 heteroatoms. The lowest BCUT2D eigenvalue weighted by Crippen LogP contribution is -2.63. The van der Waals surface area contributed by atoms with Crippen molar-refractivity contribution in [3.63, 3.8) is 0 Å². The summed E-state index contributed by atoms with van der Waals surface area (Å²) in [5.74, 6) is 3.45. The van der Waals surface area contributed by atoms with Gasteiger partial charge in [0.1, 0.15) is 0 Å². The van der Waals surface area contributed by atoms with E-state index < -0.39 is 0 Å². The van der Waals surface area contributed by atoms with Gasteiger partial charge in [0.25, 0.3) is 0 Å². The second kappa shape index (κ2) is 3.48. The predicted molar refractivity (Wildman–Crippen MR) is 69.4 cm³/mol. The molecule has 0 bridgehead atoms. The molecule has 0 unspecified atom stereocenters. The van der Waals surface area contributed by atoms with Crippen LogP contribution in [0.15, 0.2) is 18.2 Å². The largest absolute Gasteiger partial charge is 0.492 e. The normalized spacial score (nSPS) is 21.4. The molecule has 86 valence electrons. The highest BCUT2D eigenvalue weighted by Gasteiger charge is 2.48. The van der Waals surface area contributed by atoms with Crippen LogP contribution in [0.2, 0.25) is 0 Å². The fourth-order valence-corrected chi connectivity index (χ4v) is 3.67. The number of anilines is 2. The Labute approximate surface area is 99.9 Å². The van der Waals surface area contributed by atoms with E-state index in [-0.39, 0.29) is 0 Å². The number of hydrogen-bond acceptors (Lipinski definition) is 4. The zero-order chi connectivity index (χ0) is 11.2. The third-order valence-electron chi connectivity index (χ3n) is 3.44. The molecule has 2 saturated heterocycles. The van der Waals surface area contributed by atoms with E-state index in [1.54, 1.807) is 7.11 Å². The molecule has 1 spiro atoms. The minimum atomic E-state index is 0.598. The van der Waals surface area contributed by atoms with Gasteiger partial charge in [-0.1, -0.05) is 6.07 Å². The minimum Gasteiger partial charge on any atom is -0.492 e. The van der Waals surface area contributed by atoms with Gasteiger partial charge in [0, 0.05) is 30.0 Å². The second-order valence-corrected chi connectivity index (χ2v) is 5.73. The summed E-state index contributed by atoms with van der Waals surface area (Å²) in [6.45, 7) is 2.31. The molecule has 2 aliphatic heterocycles. The van der Waals surface area contributed by atoms with Crippen LogP contribution in [0, 0.1) is 5.41 Å². The van der Waals surface area contributed by atoms with Crippen molar-refractivity contribution >= 4 is 23.1 Å². The monoisotopic (exact) mass is 236 g/mol. The van der Waals surface area contributed by atoms with Gasteiger partial charge < -0.3 is 15.4 Å². The summed E-state index contributed by atoms with van der Waals surface area (Å²) in [6.07, 6.45) is 0. The molecule has 1 aromatic rings. The highest BCUT2D eigenvalue weighted by molar-refractivity contribution is 8.00. The van der Waals surface area contributed by atoms with Crippen molar-refractivity contribution < 1.29 is 4.74 Å². The van der Waals surface area contributed by atoms with E-state index >= 15 is 0 Å². The van der Waals surface area contributed by atoms with E-state index in [4.69, 9.17) is 10.5 Å². The van der Waals surface area contributed by atoms with Crippen LogP contribution in [0.3, 0.4) is 0 Å². The van der Waals surface area contributed by atoms with Gasteiger partial charge in [-0.05, 0) is 12.1 Å². The van der Waals surface area contributed by atoms with Crippen molar-refractivity contribution in [1.29, 1.82) is 0 Å². The van der Waals surface area contributed by atoms with Crippen LogP contribution >= 0.6 is 11.8 Å². The number of benzene rings is 1. The van der Waals surface area contributed by atoms with Crippen molar-refractivity contribution in [2.75, 3.05) is 42.3 Å². The second-order valence-electron chi connectivity index (χ2n) is 4.75. The Morgan fingerprint density at radius 3 is 2.69 bits per heavy atom. The smallest absolute Gasteiger partial charge is 0.165 e. The molecule has 0 amide bonds. The van der Waals surface area contributed by atoms with E-state index in [1.807, 2.05) is 23.9 Å². The molecule has 3 rings (SSSR count). The maximum absolute atomic E-state index is 5.91. The Morgan fingerprint density at radius 1 is 1.38 bits per heavy atom. The molecular formula is C12H16N2OS. The summed E-state index contributed by atoms with van der Waals surface area (Å²) in [5, 5.41) is 0. The van der Waals surface area contributed by atoms with Gasteiger partial charge in [-0.3, -0.25) is 0 Å². The molecule has 2 aliphatic rings. The number of thioether (sulfide) groups is 1. The Hall–Kier alpha value is -1.03. The van der Waals surface area contributed by atoms with E-state index in [2.05, 4.69) is 11.0 Å². The SMILES string of the molecule is COc1c(N)cccc1N1CC2(CSC2)C1. The summed E-state index contributed by atoms with van der Waals surface area (Å²) in [7, 11) is 1.68. The first-order valence-electron chi connectivity index (χ1n) is 5.49. The van der Waals surface area contributed by atoms with Gasteiger partial charge in [-0.2, -0.15) is 11.8 Å². The Morgan fingerprint density at radius 2 is 2.12 bits per heavy atom. The molecule has 2 fully saturated rings. The first-order valence-corrected chi connectivity index (χ1v) is 6.65. The lowest BCUT2D eigenvalue weighted by atomic mass is 9.82. The number of ether oxygens (including phenoxy) is 1. The molecule has 1 aromatic carbocycles. The zero-order valence-corrected chi connectivity index (χ0v) is 10.2. The van der Waals surface area contributed by atoms with E-state index in [0.29, 0.717) is 5.41 Å². The van der Waals surface area contributed by atoms with E-state index in [1.165, 1.54) is 11.5 Å². The number of rotatable bonds is 2. The molecule has 2 N–H and O–H groups in total. The lowest BCUT2D eigenvalue weighted by molar-refractivity contribution is 0.270. The van der Waals surface area contributed by atoms with Crippen LogP contribution in [0.1, 0.15) is 0 Å². The maximum atomic E-state index is 5.91. The summed E-state index contributed by atoms with van der Waals surface area (Å²) in [5.41, 5.74) is 8.37. The van der Waals surface area contributed by atoms with Gasteiger partial charge in [-0.15, -0.1) is 0 Å². The van der Waals surface area contributed by atoms with Gasteiger partial charge in [0.2, 0.25) is 0 Å². The zero-order valence-electron chi connectivity index (χ0n) is 9.40. The highest BCUT2D eigenvalue weighted by Crippen LogP contribution is 2.49. The van der Waals surface area contributed by atoms with Crippen LogP contribution in [0.5, 0.6) is 5.75 Å². The van der Waals surface area contributed by atoms with Crippen molar-refractivity contribution in [2.45, 2.75) is 0 Å². The van der Waals surface area contributed by atoms with Crippen molar-refractivity contribution in [2.24, 2.45) is 5.41 Å². The van der Waals surface area contributed by atoms with Crippen LogP contribution in [0.4, 0.5) is 11.4 Å². The molecule has 0 atom stereocenters. The number of nitrogens with two attached hydrogens (primary N) is 1. The average Bonchev–Trinajstić information content (AvgIpc) is 2.13. The average molecular weight is 236 g/mol. The van der Waals surface area contributed by atoms with Crippen LogP contribution in [0.25, 0.3) is 0 Å². The molecule has 0 aliphatic carbocycles.